The van der Waals surface area contributed by atoms with Crippen LogP contribution in [0.5, 0.6) is 0 Å². The molecule has 0 atom stereocenters. The predicted octanol–water partition coefficient (Wildman–Crippen LogP) is 4.40. The Morgan fingerprint density at radius 3 is 2.39 bits per heavy atom. The summed E-state index contributed by atoms with van der Waals surface area (Å²) >= 11 is 0. The van der Waals surface area contributed by atoms with E-state index in [1.165, 1.54) is 50.4 Å². The van der Waals surface area contributed by atoms with E-state index in [0.717, 1.165) is 11.7 Å². The molecule has 0 bridgehead atoms. The molecule has 5 N–H and O–H groups in total. The van der Waals surface area contributed by atoms with Crippen molar-refractivity contribution >= 4 is 43.8 Å². The highest BCUT2D eigenvalue weighted by Crippen LogP contribution is 2.35. The summed E-state index contributed by atoms with van der Waals surface area (Å²) in [6, 6.07) is 19.0. The van der Waals surface area contributed by atoms with Crippen LogP contribution in [-0.4, -0.2) is 42.4 Å². The van der Waals surface area contributed by atoms with E-state index < -0.39 is 10.0 Å². The minimum absolute atomic E-state index is 0.0409. The summed E-state index contributed by atoms with van der Waals surface area (Å²) in [4.78, 5) is 22.7. The monoisotopic (exact) mass is 530 g/mol. The van der Waals surface area contributed by atoms with Gasteiger partial charge in [0.05, 0.1) is 11.1 Å². The molecule has 2 aromatic carbocycles. The number of aromatic amines is 1. The van der Waals surface area contributed by atoms with E-state index >= 15 is 0 Å². The first-order chi connectivity index (χ1) is 18.3. The fourth-order valence-corrected chi connectivity index (χ4v) is 6.03. The topological polar surface area (TPSA) is 133 Å². The van der Waals surface area contributed by atoms with E-state index in [-0.39, 0.29) is 10.5 Å². The number of para-hydroxylation sites is 1. The van der Waals surface area contributed by atoms with Crippen LogP contribution in [0.4, 0.5) is 23.0 Å². The molecule has 6 rings (SSSR count). The summed E-state index contributed by atoms with van der Waals surface area (Å²) in [6.07, 6.45) is 6.63. The van der Waals surface area contributed by atoms with E-state index in [1.54, 1.807) is 36.5 Å². The van der Waals surface area contributed by atoms with E-state index in [1.807, 2.05) is 12.1 Å². The van der Waals surface area contributed by atoms with Crippen molar-refractivity contribution in [1.82, 2.24) is 14.9 Å². The normalized spacial score (nSPS) is 17.0. The van der Waals surface area contributed by atoms with Gasteiger partial charge in [0.15, 0.2) is 0 Å². The smallest absolute Gasteiger partial charge is 0.259 e. The zero-order valence-corrected chi connectivity index (χ0v) is 21.7. The zero-order valence-electron chi connectivity index (χ0n) is 20.9. The number of nitrogens with two attached hydrogens (primary N) is 1. The van der Waals surface area contributed by atoms with Gasteiger partial charge in [0.25, 0.3) is 5.56 Å². The quantitative estimate of drug-likeness (QED) is 0.278. The minimum atomic E-state index is -3.94. The van der Waals surface area contributed by atoms with Gasteiger partial charge in [0.2, 0.25) is 10.0 Å². The maximum atomic E-state index is 12.7. The van der Waals surface area contributed by atoms with Crippen LogP contribution in [0.2, 0.25) is 0 Å². The van der Waals surface area contributed by atoms with Gasteiger partial charge in [-0.3, -0.25) is 4.79 Å². The highest BCUT2D eigenvalue weighted by Gasteiger charge is 2.32. The average molecular weight is 531 g/mol. The second-order valence-corrected chi connectivity index (χ2v) is 11.6. The molecule has 2 aliphatic rings. The van der Waals surface area contributed by atoms with Crippen molar-refractivity contribution in [2.24, 2.45) is 5.14 Å². The number of nitrogens with zero attached hydrogens (tertiary/aromatic N) is 2. The number of sulfonamides is 1. The lowest BCUT2D eigenvalue weighted by Gasteiger charge is -2.32. The average Bonchev–Trinajstić information content (AvgIpc) is 3.75. The van der Waals surface area contributed by atoms with Crippen LogP contribution in [0.25, 0.3) is 10.8 Å². The number of piperidine rings is 1. The number of pyridine rings is 2. The number of hydrogen-bond donors (Lipinski definition) is 4. The van der Waals surface area contributed by atoms with Crippen LogP contribution in [0.1, 0.15) is 37.2 Å². The molecule has 9 nitrogen and oxygen atoms in total. The molecule has 38 heavy (non-hydrogen) atoms. The van der Waals surface area contributed by atoms with Gasteiger partial charge in [-0.2, -0.15) is 0 Å². The highest BCUT2D eigenvalue weighted by molar-refractivity contribution is 7.89. The van der Waals surface area contributed by atoms with Gasteiger partial charge in [-0.15, -0.1) is 0 Å². The number of primary sulfonamides is 1. The Morgan fingerprint density at radius 2 is 1.68 bits per heavy atom. The molecule has 2 fully saturated rings. The van der Waals surface area contributed by atoms with Crippen molar-refractivity contribution in [3.8, 4) is 0 Å². The van der Waals surface area contributed by atoms with Crippen molar-refractivity contribution in [2.45, 2.75) is 42.5 Å². The van der Waals surface area contributed by atoms with Crippen LogP contribution >= 0.6 is 0 Å². The van der Waals surface area contributed by atoms with E-state index in [2.05, 4.69) is 37.6 Å². The van der Waals surface area contributed by atoms with Gasteiger partial charge in [-0.05, 0) is 92.0 Å². The van der Waals surface area contributed by atoms with Gasteiger partial charge in [0.1, 0.15) is 16.5 Å². The first kappa shape index (κ1) is 24.6. The van der Waals surface area contributed by atoms with E-state index in [4.69, 9.17) is 5.14 Å². The first-order valence-electron chi connectivity index (χ1n) is 12.9. The fraction of sp³-hybridized carbons (Fsp3) is 0.286. The first-order valence-corrected chi connectivity index (χ1v) is 14.4. The lowest BCUT2D eigenvalue weighted by molar-refractivity contribution is 0.203. The lowest BCUT2D eigenvalue weighted by atomic mass is 9.89. The highest BCUT2D eigenvalue weighted by atomic mass is 32.2. The number of rotatable bonds is 7. The molecule has 1 saturated carbocycles. The molecule has 0 unspecified atom stereocenters. The summed E-state index contributed by atoms with van der Waals surface area (Å²) < 4.78 is 24.1. The summed E-state index contributed by atoms with van der Waals surface area (Å²) in [7, 11) is -3.94. The second-order valence-electron chi connectivity index (χ2n) is 10.1. The zero-order chi connectivity index (χ0) is 26.3. The number of fused-ring (bicyclic) bond motifs is 1. The number of H-pyrrole nitrogens is 1. The Hall–Kier alpha value is -3.73. The van der Waals surface area contributed by atoms with Gasteiger partial charge in [0, 0.05) is 17.9 Å². The third kappa shape index (κ3) is 5.15. The number of anilines is 4. The van der Waals surface area contributed by atoms with Crippen molar-refractivity contribution < 1.29 is 8.42 Å². The van der Waals surface area contributed by atoms with Gasteiger partial charge >= 0.3 is 0 Å². The molecule has 10 heteroatoms. The Labute approximate surface area is 221 Å². The summed E-state index contributed by atoms with van der Waals surface area (Å²) in [6.45, 7) is 2.34. The fourth-order valence-electron chi connectivity index (χ4n) is 5.34. The van der Waals surface area contributed by atoms with Crippen LogP contribution in [0.15, 0.2) is 76.6 Å². The molecular weight excluding hydrogens is 500 g/mol. The SMILES string of the molecule is NS(=O)(=O)c1ccccc1Nc1cc2cc[nH]c(=O)c2c(Nc2ccc(C3CCN(C4CC4)CC3)cc2)n1. The third-order valence-corrected chi connectivity index (χ3v) is 8.42. The largest absolute Gasteiger partial charge is 0.339 e. The number of likely N-dealkylation sites (tertiary alicyclic amines) is 1. The Bertz CT molecular complexity index is 1640. The predicted molar refractivity (Wildman–Crippen MR) is 150 cm³/mol. The lowest BCUT2D eigenvalue weighted by Crippen LogP contribution is -2.34. The van der Waals surface area contributed by atoms with Crippen molar-refractivity contribution in [3.05, 3.63) is 82.8 Å². The number of benzene rings is 2. The molecule has 1 aliphatic carbocycles. The van der Waals surface area contributed by atoms with Crippen LogP contribution in [0, 0.1) is 0 Å². The molecule has 0 amide bonds. The molecule has 0 radical (unpaired) electrons. The van der Waals surface area contributed by atoms with Gasteiger partial charge < -0.3 is 20.5 Å². The summed E-state index contributed by atoms with van der Waals surface area (Å²) in [5.41, 5.74) is 2.17. The van der Waals surface area contributed by atoms with Crippen LogP contribution in [-0.2, 0) is 10.0 Å². The standard InChI is InChI=1S/C28H30N6O3S/c29-38(36,37)24-4-2-1-3-23(24)32-25-17-20-11-14-30-28(35)26(20)27(33-25)31-21-7-5-18(6-8-21)19-12-15-34(16-13-19)22-9-10-22/h1-8,11,14,17,19,22H,9-10,12-13,15-16H2,(H,30,35)(H2,29,36,37)(H2,31,32,33). The molecule has 1 aliphatic heterocycles. The summed E-state index contributed by atoms with van der Waals surface area (Å²) in [5.74, 6) is 1.30. The molecule has 0 spiro atoms. The second kappa shape index (κ2) is 9.86. The number of nitrogens with one attached hydrogen (secondary N) is 3. The Kier molecular flexibility index (Phi) is 6.38. The number of hydrogen-bond acceptors (Lipinski definition) is 7. The van der Waals surface area contributed by atoms with Crippen molar-refractivity contribution in [3.63, 3.8) is 0 Å². The Balaban J connectivity index is 1.27. The maximum absolute atomic E-state index is 12.7. The van der Waals surface area contributed by atoms with Crippen LogP contribution < -0.4 is 21.3 Å². The summed E-state index contributed by atoms with van der Waals surface area (Å²) in [5, 5.41) is 12.8. The molecule has 2 aromatic heterocycles. The van der Waals surface area contributed by atoms with Crippen molar-refractivity contribution in [2.75, 3.05) is 23.7 Å². The molecule has 196 valence electrons. The van der Waals surface area contributed by atoms with Crippen LogP contribution in [0.3, 0.4) is 0 Å². The molecular formula is C28H30N6O3S. The maximum Gasteiger partial charge on any atom is 0.259 e. The number of aromatic nitrogens is 2. The van der Waals surface area contributed by atoms with E-state index in [0.29, 0.717) is 34.0 Å². The van der Waals surface area contributed by atoms with Gasteiger partial charge in [-0.25, -0.2) is 18.5 Å². The van der Waals surface area contributed by atoms with Crippen molar-refractivity contribution in [1.29, 1.82) is 0 Å². The molecule has 3 heterocycles. The Morgan fingerprint density at radius 1 is 0.947 bits per heavy atom. The third-order valence-electron chi connectivity index (χ3n) is 7.45. The van der Waals surface area contributed by atoms with E-state index in [9.17, 15) is 13.2 Å². The minimum Gasteiger partial charge on any atom is -0.339 e. The van der Waals surface area contributed by atoms with Gasteiger partial charge in [-0.1, -0.05) is 24.3 Å². The molecule has 1 saturated heterocycles. The molecule has 4 aromatic rings.